The molecule has 1 aromatic heterocycles. The first kappa shape index (κ1) is 11.7. The average molecular weight is 222 g/mol. The molecular formula is C13H22N2O. The SMILES string of the molecule is C[C@H](NCc1cccn1C)C1CCOCC1. The van der Waals surface area contributed by atoms with Crippen LogP contribution in [-0.2, 0) is 18.3 Å². The second kappa shape index (κ2) is 5.51. The van der Waals surface area contributed by atoms with Crippen molar-refractivity contribution < 1.29 is 4.74 Å². The van der Waals surface area contributed by atoms with Gasteiger partial charge in [0.15, 0.2) is 0 Å². The van der Waals surface area contributed by atoms with E-state index in [1.165, 1.54) is 18.5 Å². The molecule has 1 atom stereocenters. The molecule has 0 saturated carbocycles. The van der Waals surface area contributed by atoms with Crippen molar-refractivity contribution in [2.75, 3.05) is 13.2 Å². The smallest absolute Gasteiger partial charge is 0.0469 e. The van der Waals surface area contributed by atoms with Crippen molar-refractivity contribution in [2.24, 2.45) is 13.0 Å². The summed E-state index contributed by atoms with van der Waals surface area (Å²) >= 11 is 0. The number of ether oxygens (including phenoxy) is 1. The Balaban J connectivity index is 1.78. The van der Waals surface area contributed by atoms with Crippen molar-refractivity contribution in [1.29, 1.82) is 0 Å². The van der Waals surface area contributed by atoms with Crippen LogP contribution in [0.4, 0.5) is 0 Å². The van der Waals surface area contributed by atoms with E-state index in [4.69, 9.17) is 4.74 Å². The first-order chi connectivity index (χ1) is 7.77. The van der Waals surface area contributed by atoms with Crippen molar-refractivity contribution in [2.45, 2.75) is 32.4 Å². The van der Waals surface area contributed by atoms with Gasteiger partial charge < -0.3 is 14.6 Å². The van der Waals surface area contributed by atoms with E-state index in [9.17, 15) is 0 Å². The fourth-order valence-electron chi connectivity index (χ4n) is 2.33. The third-order valence-corrected chi connectivity index (χ3v) is 3.63. The van der Waals surface area contributed by atoms with E-state index < -0.39 is 0 Å². The van der Waals surface area contributed by atoms with Gasteiger partial charge in [0.05, 0.1) is 0 Å². The molecule has 1 N–H and O–H groups in total. The largest absolute Gasteiger partial charge is 0.381 e. The zero-order valence-electron chi connectivity index (χ0n) is 10.3. The van der Waals surface area contributed by atoms with Crippen LogP contribution >= 0.6 is 0 Å². The number of hydrogen-bond acceptors (Lipinski definition) is 2. The zero-order chi connectivity index (χ0) is 11.4. The molecule has 0 bridgehead atoms. The Bertz CT molecular complexity index is 315. The van der Waals surface area contributed by atoms with Gasteiger partial charge in [-0.15, -0.1) is 0 Å². The van der Waals surface area contributed by atoms with E-state index in [-0.39, 0.29) is 0 Å². The Labute approximate surface area is 97.8 Å². The van der Waals surface area contributed by atoms with Gasteiger partial charge in [-0.3, -0.25) is 0 Å². The van der Waals surface area contributed by atoms with Crippen LogP contribution in [0.15, 0.2) is 18.3 Å². The van der Waals surface area contributed by atoms with Crippen molar-refractivity contribution in [3.63, 3.8) is 0 Å². The summed E-state index contributed by atoms with van der Waals surface area (Å²) in [6.45, 7) is 5.11. The lowest BCUT2D eigenvalue weighted by atomic mass is 9.93. The summed E-state index contributed by atoms with van der Waals surface area (Å²) in [4.78, 5) is 0. The van der Waals surface area contributed by atoms with Crippen molar-refractivity contribution in [3.8, 4) is 0 Å². The predicted molar refractivity (Wildman–Crippen MR) is 65.3 cm³/mol. The van der Waals surface area contributed by atoms with Gasteiger partial charge in [-0.2, -0.15) is 0 Å². The molecule has 1 aliphatic rings. The lowest BCUT2D eigenvalue weighted by Crippen LogP contribution is -2.36. The maximum absolute atomic E-state index is 5.39. The lowest BCUT2D eigenvalue weighted by Gasteiger charge is -2.28. The van der Waals surface area contributed by atoms with E-state index in [0.29, 0.717) is 6.04 Å². The van der Waals surface area contributed by atoms with E-state index in [0.717, 1.165) is 25.7 Å². The van der Waals surface area contributed by atoms with Gasteiger partial charge >= 0.3 is 0 Å². The monoisotopic (exact) mass is 222 g/mol. The van der Waals surface area contributed by atoms with E-state index in [1.807, 2.05) is 0 Å². The quantitative estimate of drug-likeness (QED) is 0.842. The Morgan fingerprint density at radius 3 is 2.88 bits per heavy atom. The van der Waals surface area contributed by atoms with Gasteiger partial charge in [0.2, 0.25) is 0 Å². The van der Waals surface area contributed by atoms with Crippen LogP contribution < -0.4 is 5.32 Å². The van der Waals surface area contributed by atoms with Gasteiger partial charge in [-0.1, -0.05) is 0 Å². The Hall–Kier alpha value is -0.800. The number of hydrogen-bond donors (Lipinski definition) is 1. The molecule has 0 aliphatic carbocycles. The summed E-state index contributed by atoms with van der Waals surface area (Å²) in [6, 6.07) is 4.85. The number of nitrogens with zero attached hydrogens (tertiary/aromatic N) is 1. The summed E-state index contributed by atoms with van der Waals surface area (Å²) in [6.07, 6.45) is 4.48. The molecule has 1 aliphatic heterocycles. The Kier molecular flexibility index (Phi) is 4.02. The van der Waals surface area contributed by atoms with Crippen molar-refractivity contribution in [3.05, 3.63) is 24.0 Å². The summed E-state index contributed by atoms with van der Waals surface area (Å²) in [5.41, 5.74) is 1.35. The highest BCUT2D eigenvalue weighted by molar-refractivity contribution is 5.06. The fourth-order valence-corrected chi connectivity index (χ4v) is 2.33. The number of aryl methyl sites for hydroxylation is 1. The van der Waals surface area contributed by atoms with E-state index >= 15 is 0 Å². The first-order valence-electron chi connectivity index (χ1n) is 6.18. The van der Waals surface area contributed by atoms with E-state index in [2.05, 4.69) is 42.2 Å². The Morgan fingerprint density at radius 1 is 1.50 bits per heavy atom. The molecule has 2 rings (SSSR count). The first-order valence-corrected chi connectivity index (χ1v) is 6.18. The molecule has 1 aromatic rings. The highest BCUT2D eigenvalue weighted by Gasteiger charge is 2.19. The van der Waals surface area contributed by atoms with E-state index in [1.54, 1.807) is 0 Å². The topological polar surface area (TPSA) is 26.2 Å². The standard InChI is InChI=1S/C13H22N2O/c1-11(12-5-8-16-9-6-12)14-10-13-4-3-7-15(13)2/h3-4,7,11-12,14H,5-6,8-10H2,1-2H3/t11-/m0/s1. The zero-order valence-corrected chi connectivity index (χ0v) is 10.3. The minimum atomic E-state index is 0.582. The minimum Gasteiger partial charge on any atom is -0.381 e. The average Bonchev–Trinajstić information content (AvgIpc) is 2.73. The fraction of sp³-hybridized carbons (Fsp3) is 0.692. The summed E-state index contributed by atoms with van der Waals surface area (Å²) < 4.78 is 7.56. The number of aromatic nitrogens is 1. The van der Waals surface area contributed by atoms with Crippen LogP contribution in [0, 0.1) is 5.92 Å². The second-order valence-corrected chi connectivity index (χ2v) is 4.73. The van der Waals surface area contributed by atoms with Crippen LogP contribution in [0.2, 0.25) is 0 Å². The van der Waals surface area contributed by atoms with Gasteiger partial charge in [0.1, 0.15) is 0 Å². The highest BCUT2D eigenvalue weighted by atomic mass is 16.5. The summed E-state index contributed by atoms with van der Waals surface area (Å²) in [5.74, 6) is 0.772. The van der Waals surface area contributed by atoms with Gasteiger partial charge in [0.25, 0.3) is 0 Å². The van der Waals surface area contributed by atoms with Crippen LogP contribution in [0.1, 0.15) is 25.5 Å². The summed E-state index contributed by atoms with van der Waals surface area (Å²) in [7, 11) is 2.09. The van der Waals surface area contributed by atoms with Crippen molar-refractivity contribution in [1.82, 2.24) is 9.88 Å². The molecule has 1 saturated heterocycles. The molecule has 90 valence electrons. The van der Waals surface area contributed by atoms with Crippen LogP contribution in [0.3, 0.4) is 0 Å². The molecule has 3 nitrogen and oxygen atoms in total. The molecule has 1 fully saturated rings. The van der Waals surface area contributed by atoms with Gasteiger partial charge in [-0.05, 0) is 37.8 Å². The highest BCUT2D eigenvalue weighted by Crippen LogP contribution is 2.18. The number of rotatable bonds is 4. The normalized spacial score (nSPS) is 19.9. The molecular weight excluding hydrogens is 200 g/mol. The maximum Gasteiger partial charge on any atom is 0.0469 e. The molecule has 0 spiro atoms. The molecule has 3 heteroatoms. The van der Waals surface area contributed by atoms with Gasteiger partial charge in [0, 0.05) is 44.7 Å². The predicted octanol–water partition coefficient (Wildman–Crippen LogP) is 1.93. The summed E-state index contributed by atoms with van der Waals surface area (Å²) in [5, 5.41) is 3.62. The van der Waals surface area contributed by atoms with Crippen LogP contribution in [0.25, 0.3) is 0 Å². The molecule has 0 radical (unpaired) electrons. The molecule has 2 heterocycles. The Morgan fingerprint density at radius 2 is 2.25 bits per heavy atom. The molecule has 16 heavy (non-hydrogen) atoms. The molecule has 0 aromatic carbocycles. The third-order valence-electron chi connectivity index (χ3n) is 3.63. The minimum absolute atomic E-state index is 0.582. The van der Waals surface area contributed by atoms with Gasteiger partial charge in [-0.25, -0.2) is 0 Å². The second-order valence-electron chi connectivity index (χ2n) is 4.73. The molecule has 0 amide bonds. The maximum atomic E-state index is 5.39. The van der Waals surface area contributed by atoms with Crippen LogP contribution in [-0.4, -0.2) is 23.8 Å². The molecule has 0 unspecified atom stereocenters. The lowest BCUT2D eigenvalue weighted by molar-refractivity contribution is 0.0557. The van der Waals surface area contributed by atoms with Crippen molar-refractivity contribution >= 4 is 0 Å². The third kappa shape index (κ3) is 2.86. The van der Waals surface area contributed by atoms with Crippen LogP contribution in [0.5, 0.6) is 0 Å². The number of nitrogens with one attached hydrogen (secondary N) is 1.